The Labute approximate surface area is 452 Å². The minimum absolute atomic E-state index is 0.104. The third-order valence-electron chi connectivity index (χ3n) is 12.6. The highest BCUT2D eigenvalue weighted by molar-refractivity contribution is 7.47. The summed E-state index contributed by atoms with van der Waals surface area (Å²) in [6.07, 6.45) is 63.1. The van der Waals surface area contributed by atoms with E-state index >= 15 is 0 Å². The van der Waals surface area contributed by atoms with Gasteiger partial charge in [0.2, 0.25) is 0 Å². The molecule has 3 atom stereocenters. The number of carbonyl (C=O) groups is 3. The number of esters is 3. The molecule has 0 amide bonds. The van der Waals surface area contributed by atoms with Crippen molar-refractivity contribution in [2.45, 2.75) is 277 Å². The van der Waals surface area contributed by atoms with Crippen molar-refractivity contribution in [3.05, 3.63) is 72.9 Å². The van der Waals surface area contributed by atoms with Gasteiger partial charge in [0.1, 0.15) is 12.7 Å². The summed E-state index contributed by atoms with van der Waals surface area (Å²) in [6.45, 7) is 4.45. The standard InChI is InChI=1S/C62H109O11P/c1-4-7-10-13-16-19-22-25-27-28-29-30-32-35-38-41-44-47-50-53-62(66)73-59(55-69-60(64)51-48-45-42-39-36-33-24-21-18-15-12-9-6-3)57-71-74(67,68)70-56-58(54-63)72-61(65)52-49-46-43-40-37-34-31-26-23-20-17-14-11-8-5-2/h9,12,18,21,25-27,31,33,36,42,45,58-59,63H,4-8,10-11,13-17,19-20,22-24,28-30,32,34-35,37-41,43-44,46-57H2,1-3H3,(H,67,68)/b12-9-,21-18-,27-25-,31-26-,36-33-,45-42-. The fourth-order valence-corrected chi connectivity index (χ4v) is 8.85. The van der Waals surface area contributed by atoms with Crippen LogP contribution < -0.4 is 0 Å². The second-order valence-corrected chi connectivity index (χ2v) is 21.2. The number of carbonyl (C=O) groups excluding carboxylic acids is 3. The van der Waals surface area contributed by atoms with E-state index in [1.807, 2.05) is 12.2 Å². The molecule has 74 heavy (non-hydrogen) atoms. The van der Waals surface area contributed by atoms with Crippen LogP contribution in [-0.4, -0.2) is 66.5 Å². The van der Waals surface area contributed by atoms with E-state index in [0.29, 0.717) is 19.3 Å². The number of unbranched alkanes of at least 4 members (excludes halogenated alkanes) is 26. The summed E-state index contributed by atoms with van der Waals surface area (Å²) >= 11 is 0. The summed E-state index contributed by atoms with van der Waals surface area (Å²) < 4.78 is 39.5. The van der Waals surface area contributed by atoms with Crippen LogP contribution in [-0.2, 0) is 42.2 Å². The average Bonchev–Trinajstić information content (AvgIpc) is 3.39. The van der Waals surface area contributed by atoms with Gasteiger partial charge in [-0.1, -0.05) is 222 Å². The molecule has 0 radical (unpaired) electrons. The summed E-state index contributed by atoms with van der Waals surface area (Å²) in [5.74, 6) is -1.57. The van der Waals surface area contributed by atoms with Gasteiger partial charge in [-0.05, 0) is 96.3 Å². The fourth-order valence-electron chi connectivity index (χ4n) is 8.07. The van der Waals surface area contributed by atoms with E-state index in [2.05, 4.69) is 81.5 Å². The Balaban J connectivity index is 4.75. The van der Waals surface area contributed by atoms with Gasteiger partial charge in [0, 0.05) is 19.3 Å². The SMILES string of the molecule is CC/C=C\C/C=C\C/C=C\C/C=C\CCC(=O)OCC(COP(=O)(O)OCC(CO)OC(=O)CCCCCCC/C=C\CCCCCCCC)OC(=O)CCCCCCCCCCC/C=C\CCCCCCCC. The van der Waals surface area contributed by atoms with Crippen LogP contribution in [0.5, 0.6) is 0 Å². The summed E-state index contributed by atoms with van der Waals surface area (Å²) in [5, 5.41) is 9.82. The molecule has 0 spiro atoms. The van der Waals surface area contributed by atoms with Gasteiger partial charge in [0.25, 0.3) is 0 Å². The van der Waals surface area contributed by atoms with E-state index in [1.54, 1.807) is 0 Å². The highest BCUT2D eigenvalue weighted by Crippen LogP contribution is 2.43. The molecule has 0 aromatic carbocycles. The maximum atomic E-state index is 12.9. The van der Waals surface area contributed by atoms with Crippen molar-refractivity contribution in [3.8, 4) is 0 Å². The van der Waals surface area contributed by atoms with Crippen LogP contribution >= 0.6 is 7.82 Å². The number of hydrogen-bond donors (Lipinski definition) is 2. The second kappa shape index (κ2) is 56.1. The molecular weight excluding hydrogens is 952 g/mol. The Kier molecular flexibility index (Phi) is 53.8. The van der Waals surface area contributed by atoms with E-state index < -0.39 is 57.8 Å². The van der Waals surface area contributed by atoms with Gasteiger partial charge < -0.3 is 24.2 Å². The lowest BCUT2D eigenvalue weighted by Gasteiger charge is -2.21. The minimum Gasteiger partial charge on any atom is -0.462 e. The van der Waals surface area contributed by atoms with Gasteiger partial charge in [-0.2, -0.15) is 0 Å². The quantitative estimate of drug-likeness (QED) is 0.0197. The first-order valence-electron chi connectivity index (χ1n) is 29.8. The van der Waals surface area contributed by atoms with Crippen LogP contribution in [0, 0.1) is 0 Å². The zero-order chi connectivity index (χ0) is 54.1. The molecule has 0 aliphatic rings. The normalized spacial score (nSPS) is 13.9. The summed E-state index contributed by atoms with van der Waals surface area (Å²) in [6, 6.07) is 0. The molecule has 2 N–H and O–H groups in total. The van der Waals surface area contributed by atoms with E-state index in [4.69, 9.17) is 23.3 Å². The van der Waals surface area contributed by atoms with Gasteiger partial charge in [0.15, 0.2) is 6.10 Å². The maximum absolute atomic E-state index is 12.9. The molecule has 0 saturated carbocycles. The van der Waals surface area contributed by atoms with E-state index in [9.17, 15) is 28.9 Å². The number of allylic oxidation sites excluding steroid dienone is 12. The van der Waals surface area contributed by atoms with Crippen LogP contribution in [0.25, 0.3) is 0 Å². The van der Waals surface area contributed by atoms with Crippen molar-refractivity contribution in [2.24, 2.45) is 0 Å². The van der Waals surface area contributed by atoms with E-state index in [0.717, 1.165) is 83.5 Å². The predicted octanol–water partition coefficient (Wildman–Crippen LogP) is 17.7. The summed E-state index contributed by atoms with van der Waals surface area (Å²) in [4.78, 5) is 48.5. The van der Waals surface area contributed by atoms with Gasteiger partial charge in [-0.3, -0.25) is 23.4 Å². The van der Waals surface area contributed by atoms with Crippen molar-refractivity contribution < 1.29 is 52.2 Å². The zero-order valence-corrected chi connectivity index (χ0v) is 48.2. The Morgan fingerprint density at radius 3 is 1.14 bits per heavy atom. The summed E-state index contributed by atoms with van der Waals surface area (Å²) in [5.41, 5.74) is 0. The number of phosphoric ester groups is 1. The summed E-state index contributed by atoms with van der Waals surface area (Å²) in [7, 11) is -4.77. The number of phosphoric acid groups is 1. The largest absolute Gasteiger partial charge is 0.472 e. The first-order valence-corrected chi connectivity index (χ1v) is 31.3. The first-order chi connectivity index (χ1) is 36.2. The molecule has 0 heterocycles. The van der Waals surface area contributed by atoms with E-state index in [-0.39, 0.29) is 25.9 Å². The number of aliphatic hydroxyl groups is 1. The van der Waals surface area contributed by atoms with Crippen molar-refractivity contribution in [2.75, 3.05) is 26.4 Å². The molecule has 3 unspecified atom stereocenters. The van der Waals surface area contributed by atoms with Gasteiger partial charge in [-0.15, -0.1) is 0 Å². The number of rotatable bonds is 55. The molecule has 0 fully saturated rings. The monoisotopic (exact) mass is 1060 g/mol. The van der Waals surface area contributed by atoms with E-state index in [1.165, 1.54) is 122 Å². The van der Waals surface area contributed by atoms with Crippen LogP contribution in [0.4, 0.5) is 0 Å². The predicted molar refractivity (Wildman–Crippen MR) is 307 cm³/mol. The van der Waals surface area contributed by atoms with Crippen molar-refractivity contribution in [1.82, 2.24) is 0 Å². The molecule has 0 aromatic heterocycles. The van der Waals surface area contributed by atoms with Gasteiger partial charge >= 0.3 is 25.7 Å². The van der Waals surface area contributed by atoms with Crippen molar-refractivity contribution in [1.29, 1.82) is 0 Å². The van der Waals surface area contributed by atoms with Crippen molar-refractivity contribution >= 4 is 25.7 Å². The number of hydrogen-bond acceptors (Lipinski definition) is 10. The maximum Gasteiger partial charge on any atom is 0.472 e. The lowest BCUT2D eigenvalue weighted by Crippen LogP contribution is -2.30. The van der Waals surface area contributed by atoms with Crippen LogP contribution in [0.1, 0.15) is 265 Å². The highest BCUT2D eigenvalue weighted by atomic mass is 31.2. The minimum atomic E-state index is -4.77. The van der Waals surface area contributed by atoms with Crippen LogP contribution in [0.3, 0.4) is 0 Å². The third-order valence-corrected chi connectivity index (χ3v) is 13.5. The molecule has 0 aromatic rings. The Hall–Kier alpha value is -3.08. The molecule has 0 saturated heterocycles. The molecule has 0 aliphatic heterocycles. The topological polar surface area (TPSA) is 155 Å². The first kappa shape index (κ1) is 70.9. The molecule has 12 heteroatoms. The van der Waals surface area contributed by atoms with Crippen molar-refractivity contribution in [3.63, 3.8) is 0 Å². The Morgan fingerprint density at radius 2 is 0.730 bits per heavy atom. The lowest BCUT2D eigenvalue weighted by molar-refractivity contribution is -0.161. The smallest absolute Gasteiger partial charge is 0.462 e. The van der Waals surface area contributed by atoms with Gasteiger partial charge in [-0.25, -0.2) is 4.57 Å². The second-order valence-electron chi connectivity index (χ2n) is 19.8. The van der Waals surface area contributed by atoms with Crippen LogP contribution in [0.2, 0.25) is 0 Å². The Morgan fingerprint density at radius 1 is 0.392 bits per heavy atom. The third kappa shape index (κ3) is 53.7. The molecular formula is C62H109O11P. The molecule has 0 bridgehead atoms. The molecule has 428 valence electrons. The fraction of sp³-hybridized carbons (Fsp3) is 0.758. The lowest BCUT2D eigenvalue weighted by atomic mass is 10.1. The Bertz CT molecular complexity index is 1520. The highest BCUT2D eigenvalue weighted by Gasteiger charge is 2.28. The molecule has 0 rings (SSSR count). The average molecular weight is 1060 g/mol. The zero-order valence-electron chi connectivity index (χ0n) is 47.3. The van der Waals surface area contributed by atoms with Crippen LogP contribution in [0.15, 0.2) is 72.9 Å². The molecule has 11 nitrogen and oxygen atoms in total. The number of aliphatic hydroxyl groups excluding tert-OH is 1. The number of ether oxygens (including phenoxy) is 3. The van der Waals surface area contributed by atoms with Gasteiger partial charge in [0.05, 0.1) is 19.8 Å². The molecule has 0 aliphatic carbocycles.